The topological polar surface area (TPSA) is 193 Å². The number of likely N-dealkylation sites (N-methyl/N-ethyl adjacent to an activating group) is 2. The molecule has 3 aromatic carbocycles. The van der Waals surface area contributed by atoms with Gasteiger partial charge in [-0.15, -0.1) is 0 Å². The summed E-state index contributed by atoms with van der Waals surface area (Å²) in [7, 11) is 8.14. The average molecular weight is 867 g/mol. The molecule has 3 amide bonds. The van der Waals surface area contributed by atoms with Crippen LogP contribution < -0.4 is 20.1 Å². The molecule has 2 atom stereocenters. The van der Waals surface area contributed by atoms with Crippen molar-refractivity contribution in [2.45, 2.75) is 71.4 Å². The van der Waals surface area contributed by atoms with E-state index in [2.05, 4.69) is 40.0 Å². The number of unbranched alkanes of at least 4 members (excludes halogenated alkanes) is 2. The molecule has 3 heterocycles. The first-order valence-corrected chi connectivity index (χ1v) is 21.1. The molecule has 16 heteroatoms. The van der Waals surface area contributed by atoms with E-state index in [1.165, 1.54) is 14.2 Å². The van der Waals surface area contributed by atoms with Crippen LogP contribution in [0.3, 0.4) is 0 Å². The quantitative estimate of drug-likeness (QED) is 0.0461. The van der Waals surface area contributed by atoms with Crippen LogP contribution >= 0.6 is 0 Å². The summed E-state index contributed by atoms with van der Waals surface area (Å²) in [5.74, 6) is 4.90. The molecule has 0 saturated heterocycles. The van der Waals surface area contributed by atoms with Crippen molar-refractivity contribution in [1.29, 1.82) is 0 Å². The fourth-order valence-electron chi connectivity index (χ4n) is 6.36. The minimum Gasteiger partial charge on any atom is -0.471 e. The summed E-state index contributed by atoms with van der Waals surface area (Å²) in [5.41, 5.74) is 4.69. The minimum atomic E-state index is -0.360. The molecule has 1 aliphatic heterocycles. The SMILES string of the molecule is CNC(C(=O)N(C)CCCCc1ncc(-c2ccc3c(c2)Oc2ccc(-c4cnc(CCCCN(C)C=O)[nH]4)cc2O3)[nH]1)c1ccccc1.COC(=O)NC(C)C(C)C.COC=O. The molecule has 0 radical (unpaired) electrons. The number of nitrogens with one attached hydrogen (secondary N) is 4. The number of ether oxygens (including phenoxy) is 4. The number of hydrogen-bond acceptors (Lipinski definition) is 11. The molecule has 2 unspecified atom stereocenters. The number of hydrogen-bond donors (Lipinski definition) is 4. The number of carbonyl (C=O) groups is 4. The molecule has 4 N–H and O–H groups in total. The van der Waals surface area contributed by atoms with Gasteiger partial charge in [-0.3, -0.25) is 14.4 Å². The second-order valence-corrected chi connectivity index (χ2v) is 15.4. The second-order valence-electron chi connectivity index (χ2n) is 15.4. The third kappa shape index (κ3) is 15.0. The lowest BCUT2D eigenvalue weighted by atomic mass is 10.1. The van der Waals surface area contributed by atoms with Crippen LogP contribution in [0.5, 0.6) is 23.0 Å². The van der Waals surface area contributed by atoms with E-state index < -0.39 is 0 Å². The van der Waals surface area contributed by atoms with Gasteiger partial charge in [0.1, 0.15) is 17.7 Å². The number of methoxy groups -OCH3 is 2. The van der Waals surface area contributed by atoms with Crippen molar-refractivity contribution in [3.63, 3.8) is 0 Å². The number of benzene rings is 3. The highest BCUT2D eigenvalue weighted by atomic mass is 16.6. The monoisotopic (exact) mass is 866 g/mol. The summed E-state index contributed by atoms with van der Waals surface area (Å²) in [6.07, 6.45) is 9.42. The lowest BCUT2D eigenvalue weighted by Crippen LogP contribution is -2.38. The normalized spacial score (nSPS) is 12.0. The molecule has 6 rings (SSSR count). The van der Waals surface area contributed by atoms with Gasteiger partial charge in [0.05, 0.1) is 38.0 Å². The Kier molecular flexibility index (Phi) is 19.7. The van der Waals surface area contributed by atoms with Gasteiger partial charge >= 0.3 is 6.09 Å². The molecule has 0 saturated carbocycles. The Morgan fingerprint density at radius 1 is 0.762 bits per heavy atom. The number of alkyl carbamates (subject to hydrolysis) is 1. The van der Waals surface area contributed by atoms with Gasteiger partial charge in [-0.2, -0.15) is 0 Å². The number of nitrogens with zero attached hydrogens (tertiary/aromatic N) is 4. The maximum atomic E-state index is 13.0. The van der Waals surface area contributed by atoms with Crippen LogP contribution in [0, 0.1) is 5.92 Å². The van der Waals surface area contributed by atoms with Crippen LogP contribution in [-0.2, 0) is 36.7 Å². The Morgan fingerprint density at radius 2 is 1.29 bits per heavy atom. The lowest BCUT2D eigenvalue weighted by Gasteiger charge is -2.23. The maximum absolute atomic E-state index is 13.0. The second kappa shape index (κ2) is 25.3. The van der Waals surface area contributed by atoms with E-state index in [9.17, 15) is 14.4 Å². The molecule has 16 nitrogen and oxygen atoms in total. The zero-order valence-electron chi connectivity index (χ0n) is 37.6. The van der Waals surface area contributed by atoms with Gasteiger partial charge in [0.15, 0.2) is 23.0 Å². The zero-order chi connectivity index (χ0) is 45.7. The minimum absolute atomic E-state index is 0.0614. The Balaban J connectivity index is 0.000000538. The third-order valence-electron chi connectivity index (χ3n) is 10.4. The van der Waals surface area contributed by atoms with E-state index >= 15 is 0 Å². The Labute approximate surface area is 370 Å². The summed E-state index contributed by atoms with van der Waals surface area (Å²) < 4.78 is 20.8. The van der Waals surface area contributed by atoms with E-state index in [1.807, 2.05) is 114 Å². The number of imidazole rings is 2. The third-order valence-corrected chi connectivity index (χ3v) is 10.4. The first-order chi connectivity index (χ1) is 30.4. The lowest BCUT2D eigenvalue weighted by molar-refractivity contribution is -0.132. The molecule has 0 bridgehead atoms. The molecule has 63 heavy (non-hydrogen) atoms. The van der Waals surface area contributed by atoms with Crippen molar-refractivity contribution < 1.29 is 38.1 Å². The molecular formula is C47H62N8O8. The molecule has 338 valence electrons. The standard InChI is InChI=1S/C38H43N7O4.C7H15NO2.C2H4O2/c1-39-37(26-11-5-4-6-12-26)38(47)45(3)20-10-8-14-36-41-24-30(43-36)28-16-18-32-34(22-28)49-31-17-15-27(21-33(31)48-32)29-23-40-35(42-29)13-7-9-19-44(2)25-46;1-5(2)6(3)8-7(9)10-4;1-4-2-3/h4-6,11-12,15-18,21-25,37,39H,7-10,13-14,19-20H2,1-3H3,(H,40,42)(H,41,43);5-6H,1-4H3,(H,8,9);2H,1H3. The highest BCUT2D eigenvalue weighted by molar-refractivity contribution is 5.83. The van der Waals surface area contributed by atoms with Crippen LogP contribution in [0.25, 0.3) is 22.5 Å². The number of aromatic nitrogens is 4. The van der Waals surface area contributed by atoms with E-state index in [0.29, 0.717) is 41.9 Å². The number of H-pyrrole nitrogens is 2. The van der Waals surface area contributed by atoms with Crippen LogP contribution in [0.1, 0.15) is 69.7 Å². The Hall–Kier alpha value is -6.68. The number of fused-ring (bicyclic) bond motifs is 2. The smallest absolute Gasteiger partial charge is 0.407 e. The predicted molar refractivity (Wildman–Crippen MR) is 242 cm³/mol. The van der Waals surface area contributed by atoms with Crippen LogP contribution in [0.4, 0.5) is 4.79 Å². The Morgan fingerprint density at radius 3 is 1.75 bits per heavy atom. The van der Waals surface area contributed by atoms with Crippen molar-refractivity contribution in [1.82, 2.24) is 40.4 Å². The van der Waals surface area contributed by atoms with Crippen molar-refractivity contribution >= 4 is 24.9 Å². The average Bonchev–Trinajstić information content (AvgIpc) is 3.99. The molecule has 0 spiro atoms. The van der Waals surface area contributed by atoms with Gasteiger partial charge in [0.25, 0.3) is 6.47 Å². The predicted octanol–water partition coefficient (Wildman–Crippen LogP) is 7.69. The first-order valence-electron chi connectivity index (χ1n) is 21.1. The zero-order valence-corrected chi connectivity index (χ0v) is 37.6. The summed E-state index contributed by atoms with van der Waals surface area (Å²) >= 11 is 0. The van der Waals surface area contributed by atoms with Gasteiger partial charge in [-0.05, 0) is 87.5 Å². The fraction of sp³-hybridized carbons (Fsp3) is 0.404. The largest absolute Gasteiger partial charge is 0.471 e. The van der Waals surface area contributed by atoms with Gasteiger partial charge in [0.2, 0.25) is 12.3 Å². The molecule has 0 aliphatic carbocycles. The number of rotatable bonds is 19. The summed E-state index contributed by atoms with van der Waals surface area (Å²) in [4.78, 5) is 62.8. The van der Waals surface area contributed by atoms with Crippen molar-refractivity contribution in [3.8, 4) is 45.5 Å². The van der Waals surface area contributed by atoms with Gasteiger partial charge in [-0.1, -0.05) is 44.2 Å². The number of amides is 3. The molecule has 2 aromatic heterocycles. The van der Waals surface area contributed by atoms with Gasteiger partial charge in [0, 0.05) is 57.2 Å². The summed E-state index contributed by atoms with van der Waals surface area (Å²) in [6, 6.07) is 21.3. The maximum Gasteiger partial charge on any atom is 0.407 e. The van der Waals surface area contributed by atoms with E-state index in [4.69, 9.17) is 14.3 Å². The van der Waals surface area contributed by atoms with Crippen LogP contribution in [0.15, 0.2) is 79.1 Å². The molecular weight excluding hydrogens is 805 g/mol. The van der Waals surface area contributed by atoms with Gasteiger partial charge in [-0.25, -0.2) is 14.8 Å². The van der Waals surface area contributed by atoms with E-state index in [0.717, 1.165) is 91.2 Å². The first kappa shape index (κ1) is 49.0. The van der Waals surface area contributed by atoms with Crippen molar-refractivity contribution in [2.75, 3.05) is 48.5 Å². The molecule has 0 fully saturated rings. The van der Waals surface area contributed by atoms with E-state index in [1.54, 1.807) is 16.8 Å². The Bertz CT molecular complexity index is 2190. The number of aromatic amines is 2. The summed E-state index contributed by atoms with van der Waals surface area (Å²) in [5, 5.41) is 5.81. The van der Waals surface area contributed by atoms with Crippen molar-refractivity contribution in [3.05, 3.63) is 96.3 Å². The van der Waals surface area contributed by atoms with Gasteiger partial charge < -0.3 is 49.3 Å². The number of carbonyl (C=O) groups excluding carboxylic acids is 4. The van der Waals surface area contributed by atoms with E-state index in [-0.39, 0.29) is 24.1 Å². The number of aryl methyl sites for hydroxylation is 2. The highest BCUT2D eigenvalue weighted by Crippen LogP contribution is 2.47. The van der Waals surface area contributed by atoms with Crippen LogP contribution in [0.2, 0.25) is 0 Å². The molecule has 1 aliphatic rings. The highest BCUT2D eigenvalue weighted by Gasteiger charge is 2.23. The fourth-order valence-corrected chi connectivity index (χ4v) is 6.36. The van der Waals surface area contributed by atoms with Crippen LogP contribution in [-0.4, -0.2) is 109 Å². The summed E-state index contributed by atoms with van der Waals surface area (Å²) in [6.45, 7) is 7.82. The molecule has 5 aromatic rings. The van der Waals surface area contributed by atoms with Crippen molar-refractivity contribution in [2.24, 2.45) is 5.92 Å².